The Labute approximate surface area is 144 Å². The van der Waals surface area contributed by atoms with E-state index in [0.717, 1.165) is 44.3 Å². The molecule has 24 heavy (non-hydrogen) atoms. The molecule has 0 amide bonds. The van der Waals surface area contributed by atoms with E-state index in [1.165, 1.54) is 17.5 Å². The molecule has 5 rings (SSSR count). The van der Waals surface area contributed by atoms with E-state index >= 15 is 0 Å². The van der Waals surface area contributed by atoms with Crippen molar-refractivity contribution < 1.29 is 14.9 Å². The van der Waals surface area contributed by atoms with E-state index in [2.05, 4.69) is 25.1 Å². The number of hydrogen-bond acceptors (Lipinski definition) is 3. The van der Waals surface area contributed by atoms with Gasteiger partial charge in [-0.1, -0.05) is 13.0 Å². The van der Waals surface area contributed by atoms with Crippen molar-refractivity contribution in [2.24, 2.45) is 16.7 Å². The lowest BCUT2D eigenvalue weighted by molar-refractivity contribution is -0.129. The van der Waals surface area contributed by atoms with Crippen molar-refractivity contribution in [3.05, 3.63) is 29.3 Å². The van der Waals surface area contributed by atoms with Crippen LogP contribution in [0.15, 0.2) is 18.2 Å². The van der Waals surface area contributed by atoms with Crippen LogP contribution in [0.2, 0.25) is 0 Å². The summed E-state index contributed by atoms with van der Waals surface area (Å²) in [6.07, 6.45) is 6.58. The monoisotopic (exact) mass is 328 g/mol. The van der Waals surface area contributed by atoms with E-state index < -0.39 is 11.7 Å². The van der Waals surface area contributed by atoms with Crippen LogP contribution < -0.4 is 4.74 Å². The summed E-state index contributed by atoms with van der Waals surface area (Å²) < 4.78 is 5.41. The van der Waals surface area contributed by atoms with Gasteiger partial charge in [0.25, 0.3) is 0 Å². The summed E-state index contributed by atoms with van der Waals surface area (Å²) in [5.74, 6) is 2.14. The lowest BCUT2D eigenvalue weighted by atomic mass is 9.48. The number of hydrogen-bond donors (Lipinski definition) is 2. The first-order valence-corrected chi connectivity index (χ1v) is 9.52. The number of ether oxygens (including phenoxy) is 1. The van der Waals surface area contributed by atoms with Gasteiger partial charge >= 0.3 is 0 Å². The maximum absolute atomic E-state index is 11.2. The minimum Gasteiger partial charge on any atom is -0.497 e. The average molecular weight is 328 g/mol. The lowest BCUT2D eigenvalue weighted by Crippen LogP contribution is -2.53. The fraction of sp³-hybridized carbons (Fsp3) is 0.714. The number of benzene rings is 1. The molecule has 2 bridgehead atoms. The first kappa shape index (κ1) is 15.2. The molecule has 1 aromatic carbocycles. The topological polar surface area (TPSA) is 49.7 Å². The van der Waals surface area contributed by atoms with E-state index in [4.69, 9.17) is 4.74 Å². The van der Waals surface area contributed by atoms with Gasteiger partial charge in [-0.05, 0) is 85.5 Å². The number of rotatable bonds is 1. The molecule has 130 valence electrons. The zero-order valence-corrected chi connectivity index (χ0v) is 14.7. The molecule has 0 aromatic heterocycles. The summed E-state index contributed by atoms with van der Waals surface area (Å²) >= 11 is 0. The second-order valence-corrected chi connectivity index (χ2v) is 8.99. The predicted octanol–water partition coefficient (Wildman–Crippen LogP) is 3.42. The third kappa shape index (κ3) is 1.48. The molecule has 1 aromatic rings. The third-order valence-corrected chi connectivity index (χ3v) is 8.74. The Kier molecular flexibility index (Phi) is 2.89. The number of aliphatic hydroxyl groups is 2. The highest BCUT2D eigenvalue weighted by atomic mass is 16.5. The highest BCUT2D eigenvalue weighted by molar-refractivity contribution is 5.42. The third-order valence-electron chi connectivity index (χ3n) is 8.74. The van der Waals surface area contributed by atoms with E-state index in [-0.39, 0.29) is 10.8 Å². The standard InChI is InChI=1S/C21H28O3/c1-19-8-7-16-15-5-4-14(24-2)11-13(15)3-6-17(16)20(19)9-10-21(19,23)18(22)12-20/h4-5,11,16-18,22-23H,3,6-10,12H2,1-2H3/t16-,17-,18+,19+,20+,21+/m1/s1. The molecule has 6 atom stereocenters. The maximum Gasteiger partial charge on any atom is 0.119 e. The molecule has 0 unspecified atom stereocenters. The zero-order valence-electron chi connectivity index (χ0n) is 14.7. The van der Waals surface area contributed by atoms with Gasteiger partial charge in [-0.3, -0.25) is 0 Å². The van der Waals surface area contributed by atoms with Crippen molar-refractivity contribution >= 4 is 0 Å². The van der Waals surface area contributed by atoms with Crippen LogP contribution in [0.5, 0.6) is 5.75 Å². The maximum atomic E-state index is 11.2. The Morgan fingerprint density at radius 3 is 2.75 bits per heavy atom. The van der Waals surface area contributed by atoms with Gasteiger partial charge in [-0.2, -0.15) is 0 Å². The first-order chi connectivity index (χ1) is 11.5. The van der Waals surface area contributed by atoms with Crippen molar-refractivity contribution in [1.82, 2.24) is 0 Å². The highest BCUT2D eigenvalue weighted by Gasteiger charge is 2.76. The number of aryl methyl sites for hydroxylation is 1. The van der Waals surface area contributed by atoms with Crippen LogP contribution >= 0.6 is 0 Å². The molecular weight excluding hydrogens is 300 g/mol. The second kappa shape index (κ2) is 4.56. The Bertz CT molecular complexity index is 700. The molecule has 4 aliphatic rings. The van der Waals surface area contributed by atoms with Crippen molar-refractivity contribution in [2.45, 2.75) is 69.5 Å². The van der Waals surface area contributed by atoms with Gasteiger partial charge in [0.15, 0.2) is 0 Å². The highest BCUT2D eigenvalue weighted by Crippen LogP contribution is 2.77. The minimum absolute atomic E-state index is 0.107. The Hall–Kier alpha value is -1.06. The second-order valence-electron chi connectivity index (χ2n) is 8.99. The van der Waals surface area contributed by atoms with Gasteiger partial charge in [0.05, 0.1) is 18.8 Å². The molecule has 0 aliphatic heterocycles. The molecular formula is C21H28O3. The minimum atomic E-state index is -0.849. The summed E-state index contributed by atoms with van der Waals surface area (Å²) in [6.45, 7) is 2.27. The Morgan fingerprint density at radius 2 is 2.00 bits per heavy atom. The predicted molar refractivity (Wildman–Crippen MR) is 92.1 cm³/mol. The number of methoxy groups -OCH3 is 1. The average Bonchev–Trinajstić information content (AvgIpc) is 2.93. The summed E-state index contributed by atoms with van der Waals surface area (Å²) in [4.78, 5) is 0. The van der Waals surface area contributed by atoms with Crippen LogP contribution in [-0.2, 0) is 6.42 Å². The molecule has 3 fully saturated rings. The molecule has 0 saturated heterocycles. The van der Waals surface area contributed by atoms with Crippen molar-refractivity contribution in [3.63, 3.8) is 0 Å². The Balaban J connectivity index is 1.59. The van der Waals surface area contributed by atoms with Gasteiger partial charge in [-0.15, -0.1) is 0 Å². The van der Waals surface area contributed by atoms with Crippen LogP contribution in [0.1, 0.15) is 62.5 Å². The smallest absolute Gasteiger partial charge is 0.119 e. The number of fused-ring (bicyclic) bond motifs is 3. The van der Waals surface area contributed by atoms with Crippen LogP contribution in [-0.4, -0.2) is 29.0 Å². The van der Waals surface area contributed by atoms with Crippen LogP contribution in [0.4, 0.5) is 0 Å². The SMILES string of the molecule is COc1ccc2c(c1)CC[C@@H]1[C@@H]2CC[C@@]2(C)[C@]13CC[C@]2(O)[C@@H](O)C3. The number of aliphatic hydroxyl groups excluding tert-OH is 1. The lowest BCUT2D eigenvalue weighted by Gasteiger charge is -2.56. The largest absolute Gasteiger partial charge is 0.497 e. The van der Waals surface area contributed by atoms with E-state index in [1.807, 2.05) is 0 Å². The molecule has 0 spiro atoms. The quantitative estimate of drug-likeness (QED) is 0.830. The van der Waals surface area contributed by atoms with E-state index in [9.17, 15) is 10.2 Å². The van der Waals surface area contributed by atoms with Gasteiger partial charge < -0.3 is 14.9 Å². The molecule has 3 heteroatoms. The molecule has 4 aliphatic carbocycles. The summed E-state index contributed by atoms with van der Waals surface area (Å²) in [5.41, 5.74) is 2.12. The summed E-state index contributed by atoms with van der Waals surface area (Å²) in [6, 6.07) is 6.59. The molecule has 0 heterocycles. The Morgan fingerprint density at radius 1 is 1.17 bits per heavy atom. The molecule has 3 saturated carbocycles. The zero-order chi connectivity index (χ0) is 16.7. The van der Waals surface area contributed by atoms with E-state index in [0.29, 0.717) is 11.8 Å². The van der Waals surface area contributed by atoms with Crippen LogP contribution in [0.25, 0.3) is 0 Å². The van der Waals surface area contributed by atoms with Crippen molar-refractivity contribution in [1.29, 1.82) is 0 Å². The molecule has 0 radical (unpaired) electrons. The molecule has 2 N–H and O–H groups in total. The summed E-state index contributed by atoms with van der Waals surface area (Å²) in [7, 11) is 1.73. The normalized spacial score (nSPS) is 48.6. The first-order valence-electron chi connectivity index (χ1n) is 9.52. The van der Waals surface area contributed by atoms with Crippen molar-refractivity contribution in [3.8, 4) is 5.75 Å². The summed E-state index contributed by atoms with van der Waals surface area (Å²) in [5, 5.41) is 21.9. The van der Waals surface area contributed by atoms with Crippen LogP contribution in [0.3, 0.4) is 0 Å². The van der Waals surface area contributed by atoms with Crippen LogP contribution in [0, 0.1) is 16.7 Å². The van der Waals surface area contributed by atoms with Crippen molar-refractivity contribution in [2.75, 3.05) is 7.11 Å². The fourth-order valence-corrected chi connectivity index (χ4v) is 7.46. The molecule has 3 nitrogen and oxygen atoms in total. The van der Waals surface area contributed by atoms with Gasteiger partial charge in [-0.25, -0.2) is 0 Å². The van der Waals surface area contributed by atoms with Gasteiger partial charge in [0.2, 0.25) is 0 Å². The van der Waals surface area contributed by atoms with E-state index in [1.54, 1.807) is 7.11 Å². The van der Waals surface area contributed by atoms with Gasteiger partial charge in [0, 0.05) is 5.41 Å². The fourth-order valence-electron chi connectivity index (χ4n) is 7.46. The van der Waals surface area contributed by atoms with Gasteiger partial charge in [0.1, 0.15) is 5.75 Å².